The third-order valence-corrected chi connectivity index (χ3v) is 3.95. The SMILES string of the molecule is CCC(NC(=O)C(N)CC(C)C)C(=O)C(=O)NCc1cc(F)cc(OC)c1. The van der Waals surface area contributed by atoms with Gasteiger partial charge >= 0.3 is 0 Å². The first-order valence-electron chi connectivity index (χ1n) is 8.89. The van der Waals surface area contributed by atoms with Crippen LogP contribution >= 0.6 is 0 Å². The topological polar surface area (TPSA) is 111 Å². The molecule has 4 N–H and O–H groups in total. The van der Waals surface area contributed by atoms with E-state index >= 15 is 0 Å². The lowest BCUT2D eigenvalue weighted by atomic mass is 10.0. The Kier molecular flexibility index (Phi) is 8.87. The molecule has 1 rings (SSSR count). The molecule has 7 nitrogen and oxygen atoms in total. The Morgan fingerprint density at radius 2 is 1.89 bits per heavy atom. The summed E-state index contributed by atoms with van der Waals surface area (Å²) in [5.41, 5.74) is 6.25. The summed E-state index contributed by atoms with van der Waals surface area (Å²) in [7, 11) is 1.40. The number of ketones is 1. The maximum atomic E-state index is 13.5. The minimum atomic E-state index is -0.960. The molecule has 27 heavy (non-hydrogen) atoms. The summed E-state index contributed by atoms with van der Waals surface area (Å²) in [6.07, 6.45) is 0.726. The number of ether oxygens (including phenoxy) is 1. The van der Waals surface area contributed by atoms with Gasteiger partial charge in [-0.25, -0.2) is 4.39 Å². The fourth-order valence-corrected chi connectivity index (χ4v) is 2.52. The molecule has 0 aliphatic heterocycles. The van der Waals surface area contributed by atoms with E-state index in [2.05, 4.69) is 10.6 Å². The highest BCUT2D eigenvalue weighted by Gasteiger charge is 2.27. The number of hydrogen-bond donors (Lipinski definition) is 3. The molecule has 0 heterocycles. The maximum absolute atomic E-state index is 13.5. The first-order valence-corrected chi connectivity index (χ1v) is 8.89. The van der Waals surface area contributed by atoms with Crippen LogP contribution in [0.25, 0.3) is 0 Å². The van der Waals surface area contributed by atoms with Crippen molar-refractivity contribution in [2.75, 3.05) is 7.11 Å². The number of carbonyl (C=O) groups is 3. The quantitative estimate of drug-likeness (QED) is 0.529. The molecule has 2 atom stereocenters. The summed E-state index contributed by atoms with van der Waals surface area (Å²) in [5.74, 6) is -2.07. The average molecular weight is 381 g/mol. The number of carbonyl (C=O) groups excluding carboxylic acids is 3. The Morgan fingerprint density at radius 1 is 1.22 bits per heavy atom. The van der Waals surface area contributed by atoms with Crippen LogP contribution in [0, 0.1) is 11.7 Å². The van der Waals surface area contributed by atoms with Crippen molar-refractivity contribution < 1.29 is 23.5 Å². The Balaban J connectivity index is 2.66. The molecule has 1 aromatic carbocycles. The van der Waals surface area contributed by atoms with Crippen molar-refractivity contribution in [1.82, 2.24) is 10.6 Å². The third-order valence-electron chi connectivity index (χ3n) is 3.95. The van der Waals surface area contributed by atoms with E-state index in [0.717, 1.165) is 0 Å². The lowest BCUT2D eigenvalue weighted by Gasteiger charge is -2.19. The van der Waals surface area contributed by atoms with Crippen molar-refractivity contribution in [3.8, 4) is 5.75 Å². The zero-order valence-corrected chi connectivity index (χ0v) is 16.2. The van der Waals surface area contributed by atoms with Crippen LogP contribution < -0.4 is 21.1 Å². The minimum Gasteiger partial charge on any atom is -0.497 e. The van der Waals surface area contributed by atoms with E-state index in [1.807, 2.05) is 13.8 Å². The molecule has 8 heteroatoms. The van der Waals surface area contributed by atoms with Crippen LogP contribution in [0.5, 0.6) is 5.75 Å². The van der Waals surface area contributed by atoms with Gasteiger partial charge in [-0.2, -0.15) is 0 Å². The smallest absolute Gasteiger partial charge is 0.289 e. The summed E-state index contributed by atoms with van der Waals surface area (Å²) in [5, 5.41) is 4.96. The van der Waals surface area contributed by atoms with Crippen LogP contribution in [0.4, 0.5) is 4.39 Å². The second-order valence-electron chi connectivity index (χ2n) is 6.75. The van der Waals surface area contributed by atoms with Gasteiger partial charge in [-0.1, -0.05) is 20.8 Å². The van der Waals surface area contributed by atoms with E-state index in [4.69, 9.17) is 10.5 Å². The van der Waals surface area contributed by atoms with Gasteiger partial charge in [-0.15, -0.1) is 0 Å². The van der Waals surface area contributed by atoms with Crippen LogP contribution in [0.2, 0.25) is 0 Å². The summed E-state index contributed by atoms with van der Waals surface area (Å²) in [6, 6.07) is 2.29. The molecule has 0 bridgehead atoms. The fraction of sp³-hybridized carbons (Fsp3) is 0.526. The fourth-order valence-electron chi connectivity index (χ4n) is 2.52. The molecule has 1 aromatic rings. The Morgan fingerprint density at radius 3 is 2.44 bits per heavy atom. The number of benzene rings is 1. The van der Waals surface area contributed by atoms with Crippen molar-refractivity contribution in [3.05, 3.63) is 29.6 Å². The van der Waals surface area contributed by atoms with E-state index in [9.17, 15) is 18.8 Å². The van der Waals surface area contributed by atoms with E-state index in [-0.39, 0.29) is 18.9 Å². The standard InChI is InChI=1S/C19H28FN3O4/c1-5-16(23-18(25)15(21)6-11(2)3)17(24)19(26)22-10-12-7-13(20)9-14(8-12)27-4/h7-9,11,15-16H,5-6,10,21H2,1-4H3,(H,22,26)(H,23,25). The number of hydrogen-bond acceptors (Lipinski definition) is 5. The lowest BCUT2D eigenvalue weighted by molar-refractivity contribution is -0.140. The highest BCUT2D eigenvalue weighted by atomic mass is 19.1. The molecular weight excluding hydrogens is 353 g/mol. The average Bonchev–Trinajstić information content (AvgIpc) is 2.62. The van der Waals surface area contributed by atoms with Crippen molar-refractivity contribution >= 4 is 17.6 Å². The molecule has 150 valence electrons. The summed E-state index contributed by atoms with van der Waals surface area (Å²) < 4.78 is 18.4. The maximum Gasteiger partial charge on any atom is 0.289 e. The van der Waals surface area contributed by atoms with E-state index in [0.29, 0.717) is 17.7 Å². The zero-order chi connectivity index (χ0) is 20.6. The van der Waals surface area contributed by atoms with Gasteiger partial charge in [0.05, 0.1) is 19.2 Å². The largest absolute Gasteiger partial charge is 0.497 e. The van der Waals surface area contributed by atoms with Gasteiger partial charge in [0.2, 0.25) is 11.7 Å². The van der Waals surface area contributed by atoms with E-state index < -0.39 is 35.5 Å². The predicted octanol–water partition coefficient (Wildman–Crippen LogP) is 1.29. The lowest BCUT2D eigenvalue weighted by Crippen LogP contribution is -2.51. The number of methoxy groups -OCH3 is 1. The number of halogens is 1. The Hall–Kier alpha value is -2.48. The van der Waals surface area contributed by atoms with E-state index in [1.165, 1.54) is 19.2 Å². The van der Waals surface area contributed by atoms with Crippen LogP contribution in [0.1, 0.15) is 39.2 Å². The minimum absolute atomic E-state index is 0.0457. The number of amides is 2. The summed E-state index contributed by atoms with van der Waals surface area (Å²) in [6.45, 7) is 5.51. The molecule has 2 amide bonds. The van der Waals surface area contributed by atoms with Gasteiger partial charge in [0.1, 0.15) is 11.6 Å². The first kappa shape index (κ1) is 22.6. The van der Waals surface area contributed by atoms with Crippen LogP contribution in [0.15, 0.2) is 18.2 Å². The molecule has 0 spiro atoms. The second kappa shape index (κ2) is 10.6. The first-order chi connectivity index (χ1) is 12.7. The molecule has 0 aliphatic carbocycles. The summed E-state index contributed by atoms with van der Waals surface area (Å²) >= 11 is 0. The van der Waals surface area contributed by atoms with Gasteiger partial charge in [0, 0.05) is 12.6 Å². The van der Waals surface area contributed by atoms with Gasteiger partial charge in [-0.05, 0) is 36.5 Å². The van der Waals surface area contributed by atoms with Gasteiger partial charge in [0.25, 0.3) is 5.91 Å². The van der Waals surface area contributed by atoms with Gasteiger partial charge in [0.15, 0.2) is 0 Å². The predicted molar refractivity (Wildman–Crippen MR) is 99.5 cm³/mol. The van der Waals surface area contributed by atoms with Crippen molar-refractivity contribution in [2.24, 2.45) is 11.7 Å². The molecular formula is C19H28FN3O4. The van der Waals surface area contributed by atoms with E-state index in [1.54, 1.807) is 13.0 Å². The van der Waals surface area contributed by atoms with Gasteiger partial charge in [-0.3, -0.25) is 14.4 Å². The van der Waals surface area contributed by atoms with Crippen molar-refractivity contribution in [1.29, 1.82) is 0 Å². The molecule has 2 unspecified atom stereocenters. The molecule has 0 saturated carbocycles. The van der Waals surface area contributed by atoms with Crippen LogP contribution in [0.3, 0.4) is 0 Å². The highest BCUT2D eigenvalue weighted by Crippen LogP contribution is 2.15. The Labute approximate surface area is 158 Å². The number of rotatable bonds is 10. The number of nitrogens with two attached hydrogens (primary N) is 1. The highest BCUT2D eigenvalue weighted by molar-refractivity contribution is 6.38. The van der Waals surface area contributed by atoms with Crippen molar-refractivity contribution in [2.45, 2.75) is 52.2 Å². The van der Waals surface area contributed by atoms with Gasteiger partial charge < -0.3 is 21.1 Å². The molecule has 0 radical (unpaired) electrons. The molecule has 0 aliphatic rings. The molecule has 0 fully saturated rings. The third kappa shape index (κ3) is 7.34. The summed E-state index contributed by atoms with van der Waals surface area (Å²) in [4.78, 5) is 36.5. The molecule has 0 aromatic heterocycles. The van der Waals surface area contributed by atoms with Crippen LogP contribution in [-0.4, -0.2) is 36.8 Å². The van der Waals surface area contributed by atoms with Crippen LogP contribution in [-0.2, 0) is 20.9 Å². The van der Waals surface area contributed by atoms with Crippen molar-refractivity contribution in [3.63, 3.8) is 0 Å². The number of nitrogens with one attached hydrogen (secondary N) is 2. The second-order valence-corrected chi connectivity index (χ2v) is 6.75. The zero-order valence-electron chi connectivity index (χ0n) is 16.2. The monoisotopic (exact) mass is 381 g/mol. The number of Topliss-reactive ketones (excluding diaryl/α,β-unsaturated/α-hetero) is 1. The molecule has 0 saturated heterocycles. The normalized spacial score (nSPS) is 13.0. The Bertz CT molecular complexity index is 679.